The molecule has 0 bridgehead atoms. The van der Waals surface area contributed by atoms with Crippen LogP contribution in [0.1, 0.15) is 30.5 Å². The summed E-state index contributed by atoms with van der Waals surface area (Å²) in [6.07, 6.45) is 3.54. The Morgan fingerprint density at radius 1 is 0.949 bits per heavy atom. The molecule has 0 aliphatic heterocycles. The number of ether oxygens (including phenoxy) is 2. The Bertz CT molecular complexity index is 1500. The molecule has 2 heterocycles. The van der Waals surface area contributed by atoms with E-state index in [1.54, 1.807) is 6.33 Å². The van der Waals surface area contributed by atoms with Crippen molar-refractivity contribution in [1.29, 1.82) is 0 Å². The quantitative estimate of drug-likeness (QED) is 0.275. The Hall–Kier alpha value is -3.54. The van der Waals surface area contributed by atoms with Crippen molar-refractivity contribution in [3.05, 3.63) is 78.1 Å². The predicted molar refractivity (Wildman–Crippen MR) is 147 cm³/mol. The summed E-state index contributed by atoms with van der Waals surface area (Å²) in [4.78, 5) is 13.4. The maximum absolute atomic E-state index is 11.9. The van der Waals surface area contributed by atoms with Crippen LogP contribution in [0.2, 0.25) is 0 Å². The fourth-order valence-electron chi connectivity index (χ4n) is 5.35. The summed E-state index contributed by atoms with van der Waals surface area (Å²) < 4.78 is 43.2. The summed E-state index contributed by atoms with van der Waals surface area (Å²) in [5.41, 5.74) is 9.19. The number of rotatable bonds is 11. The van der Waals surface area contributed by atoms with Gasteiger partial charge in [-0.05, 0) is 29.4 Å². The lowest BCUT2D eigenvalue weighted by Crippen LogP contribution is -2.28. The van der Waals surface area contributed by atoms with Crippen molar-refractivity contribution in [3.8, 4) is 5.88 Å². The number of imidazole rings is 1. The van der Waals surface area contributed by atoms with Gasteiger partial charge >= 0.3 is 0 Å². The fourth-order valence-corrected chi connectivity index (χ4v) is 5.75. The van der Waals surface area contributed by atoms with Gasteiger partial charge in [-0.25, -0.2) is 4.98 Å². The third-order valence-electron chi connectivity index (χ3n) is 7.27. The second-order valence-electron chi connectivity index (χ2n) is 10.1. The van der Waals surface area contributed by atoms with E-state index in [1.807, 2.05) is 65.2 Å². The summed E-state index contributed by atoms with van der Waals surface area (Å²) in [5, 5.41) is 0. The monoisotopic (exact) mass is 551 g/mol. The van der Waals surface area contributed by atoms with Crippen molar-refractivity contribution in [2.75, 3.05) is 25.2 Å². The maximum Gasteiger partial charge on any atom is 0.264 e. The Morgan fingerprint density at radius 2 is 1.62 bits per heavy atom. The first-order valence-electron chi connectivity index (χ1n) is 12.9. The van der Waals surface area contributed by atoms with Gasteiger partial charge in [0.1, 0.15) is 6.61 Å². The Kier molecular flexibility index (Phi) is 8.10. The standard InChI is InChI=1S/C28H33N5O5S/c1-19-13-24(23(17-38-39(2,34)35)22(19)16-36-14-20-9-5-3-6-10-20)33-18-30-25-26(33)31-28(29)32-27(25)37-15-21-11-7-4-8-12-21/h3-12,18-19,22-24H,13-17H2,1-2H3,(H2,29,31,32)/t19-,22+,23-,24-/m0/s1. The van der Waals surface area contributed by atoms with Crippen LogP contribution >= 0.6 is 0 Å². The van der Waals surface area contributed by atoms with Crippen LogP contribution in [0.25, 0.3) is 11.2 Å². The molecule has 5 rings (SSSR count). The first kappa shape index (κ1) is 27.0. The van der Waals surface area contributed by atoms with Crippen molar-refractivity contribution in [3.63, 3.8) is 0 Å². The molecular formula is C28H33N5O5S. The molecule has 0 amide bonds. The molecule has 2 aromatic carbocycles. The third-order valence-corrected chi connectivity index (χ3v) is 7.83. The van der Waals surface area contributed by atoms with Gasteiger partial charge in [-0.3, -0.25) is 4.18 Å². The van der Waals surface area contributed by atoms with Crippen molar-refractivity contribution >= 4 is 27.2 Å². The van der Waals surface area contributed by atoms with E-state index in [0.29, 0.717) is 36.9 Å². The fraction of sp³-hybridized carbons (Fsp3) is 0.393. The Balaban J connectivity index is 1.40. The van der Waals surface area contributed by atoms with Crippen molar-refractivity contribution in [2.45, 2.75) is 32.6 Å². The molecule has 39 heavy (non-hydrogen) atoms. The van der Waals surface area contributed by atoms with Crippen LogP contribution in [0.5, 0.6) is 5.88 Å². The number of benzene rings is 2. The van der Waals surface area contributed by atoms with Crippen molar-refractivity contribution in [2.24, 2.45) is 17.8 Å². The van der Waals surface area contributed by atoms with Gasteiger partial charge in [-0.2, -0.15) is 18.4 Å². The number of anilines is 1. The highest BCUT2D eigenvalue weighted by molar-refractivity contribution is 7.85. The number of fused-ring (bicyclic) bond motifs is 1. The molecule has 1 aliphatic rings. The molecule has 1 aliphatic carbocycles. The highest BCUT2D eigenvalue weighted by atomic mass is 32.2. The molecule has 1 fully saturated rings. The van der Waals surface area contributed by atoms with Crippen molar-refractivity contribution < 1.29 is 22.1 Å². The minimum atomic E-state index is -3.63. The van der Waals surface area contributed by atoms with Gasteiger partial charge < -0.3 is 19.8 Å². The van der Waals surface area contributed by atoms with Crippen LogP contribution < -0.4 is 10.5 Å². The molecule has 4 aromatic rings. The number of nitrogens with two attached hydrogens (primary N) is 1. The molecule has 11 heteroatoms. The Labute approximate surface area is 228 Å². The summed E-state index contributed by atoms with van der Waals surface area (Å²) >= 11 is 0. The molecule has 206 valence electrons. The minimum absolute atomic E-state index is 0.0325. The van der Waals surface area contributed by atoms with Crippen LogP contribution in [-0.4, -0.2) is 47.4 Å². The zero-order valence-electron chi connectivity index (χ0n) is 22.0. The first-order valence-corrected chi connectivity index (χ1v) is 14.7. The lowest BCUT2D eigenvalue weighted by atomic mass is 9.91. The van der Waals surface area contributed by atoms with Gasteiger partial charge in [0, 0.05) is 12.0 Å². The van der Waals surface area contributed by atoms with E-state index in [1.165, 1.54) is 0 Å². The molecule has 2 aromatic heterocycles. The molecule has 1 saturated carbocycles. The lowest BCUT2D eigenvalue weighted by Gasteiger charge is -2.26. The number of nitrogens with zero attached hydrogens (tertiary/aromatic N) is 4. The topological polar surface area (TPSA) is 131 Å². The number of nitrogen functional groups attached to an aromatic ring is 1. The largest absolute Gasteiger partial charge is 0.471 e. The van der Waals surface area contributed by atoms with Crippen LogP contribution in [0, 0.1) is 17.8 Å². The second-order valence-corrected chi connectivity index (χ2v) is 11.7. The molecule has 4 atom stereocenters. The van der Waals surface area contributed by atoms with Gasteiger partial charge in [0.2, 0.25) is 11.8 Å². The summed E-state index contributed by atoms with van der Waals surface area (Å²) in [6.45, 7) is 3.45. The summed E-state index contributed by atoms with van der Waals surface area (Å²) in [6, 6.07) is 19.6. The number of aromatic nitrogens is 4. The second kappa shape index (κ2) is 11.7. The van der Waals surface area contributed by atoms with Gasteiger partial charge in [-0.1, -0.05) is 67.6 Å². The minimum Gasteiger partial charge on any atom is -0.471 e. The molecule has 0 radical (unpaired) electrons. The molecule has 10 nitrogen and oxygen atoms in total. The average Bonchev–Trinajstić information content (AvgIpc) is 3.47. The SMILES string of the molecule is C[C@H]1C[C@H](n2cnc3c(OCc4ccccc4)nc(N)nc32)[C@@H](COS(C)(=O)=O)[C@@H]1COCc1ccccc1. The number of hydrogen-bond donors (Lipinski definition) is 1. The van der Waals surface area contributed by atoms with E-state index in [2.05, 4.69) is 21.9 Å². The molecule has 2 N–H and O–H groups in total. The van der Waals surface area contributed by atoms with Crippen LogP contribution in [0.15, 0.2) is 67.0 Å². The smallest absolute Gasteiger partial charge is 0.264 e. The van der Waals surface area contributed by atoms with Gasteiger partial charge in [0.05, 0.1) is 32.4 Å². The van der Waals surface area contributed by atoms with Gasteiger partial charge in [0.25, 0.3) is 10.1 Å². The summed E-state index contributed by atoms with van der Waals surface area (Å²) in [7, 11) is -3.63. The zero-order valence-corrected chi connectivity index (χ0v) is 22.8. The highest BCUT2D eigenvalue weighted by Gasteiger charge is 2.43. The molecule has 0 unspecified atom stereocenters. The number of hydrogen-bond acceptors (Lipinski definition) is 9. The Morgan fingerprint density at radius 3 is 2.28 bits per heavy atom. The average molecular weight is 552 g/mol. The van der Waals surface area contributed by atoms with Crippen LogP contribution in [0.3, 0.4) is 0 Å². The normalized spacial score (nSPS) is 21.4. The first-order chi connectivity index (χ1) is 18.8. The van der Waals surface area contributed by atoms with Crippen LogP contribution in [-0.2, 0) is 32.3 Å². The van der Waals surface area contributed by atoms with Crippen molar-refractivity contribution in [1.82, 2.24) is 19.5 Å². The van der Waals surface area contributed by atoms with E-state index in [0.717, 1.165) is 23.8 Å². The molecule has 0 saturated heterocycles. The summed E-state index contributed by atoms with van der Waals surface area (Å²) in [5.74, 6) is 0.519. The molecule has 0 spiro atoms. The highest BCUT2D eigenvalue weighted by Crippen LogP contribution is 2.46. The predicted octanol–water partition coefficient (Wildman–Crippen LogP) is 3.99. The van der Waals surface area contributed by atoms with E-state index < -0.39 is 10.1 Å². The van der Waals surface area contributed by atoms with E-state index in [9.17, 15) is 8.42 Å². The zero-order chi connectivity index (χ0) is 27.4. The third kappa shape index (κ3) is 6.55. The maximum atomic E-state index is 11.9. The van der Waals surface area contributed by atoms with Gasteiger partial charge in [-0.15, -0.1) is 0 Å². The van der Waals surface area contributed by atoms with Gasteiger partial charge in [0.15, 0.2) is 11.2 Å². The van der Waals surface area contributed by atoms with E-state index in [-0.39, 0.29) is 36.4 Å². The van der Waals surface area contributed by atoms with E-state index >= 15 is 0 Å². The van der Waals surface area contributed by atoms with E-state index in [4.69, 9.17) is 19.4 Å². The lowest BCUT2D eigenvalue weighted by molar-refractivity contribution is 0.0465. The molecular weight excluding hydrogens is 518 g/mol. The van der Waals surface area contributed by atoms with Crippen LogP contribution in [0.4, 0.5) is 5.95 Å².